The van der Waals surface area contributed by atoms with Gasteiger partial charge in [-0.2, -0.15) is 4.31 Å². The highest BCUT2D eigenvalue weighted by molar-refractivity contribution is 7.89. The van der Waals surface area contributed by atoms with Gasteiger partial charge in [0.25, 0.3) is 0 Å². The molecule has 6 heteroatoms. The maximum absolute atomic E-state index is 12.9. The number of rotatable bonds is 2. The Hall–Kier alpha value is -1.40. The molecule has 2 heterocycles. The Morgan fingerprint density at radius 2 is 1.87 bits per heavy atom. The standard InChI is InChI=1S/C17H22N2O3S/c1-12(20)19-8-7-13-9-16(5-6-17(13)19)23(21,22)18-10-14-3-2-4-15(14)11-18/h5-6,9,14-15H,2-4,7-8,10-11H2,1H3. The fraction of sp³-hybridized carbons (Fsp3) is 0.588. The monoisotopic (exact) mass is 334 g/mol. The fourth-order valence-corrected chi connectivity index (χ4v) is 6.01. The fourth-order valence-electron chi connectivity index (χ4n) is 4.40. The molecule has 0 spiro atoms. The topological polar surface area (TPSA) is 57.7 Å². The van der Waals surface area contributed by atoms with Gasteiger partial charge in [-0.1, -0.05) is 6.42 Å². The van der Waals surface area contributed by atoms with Crippen molar-refractivity contribution in [2.75, 3.05) is 24.5 Å². The molecule has 1 aliphatic carbocycles. The Labute approximate surface area is 137 Å². The minimum Gasteiger partial charge on any atom is -0.312 e. The predicted octanol–water partition coefficient (Wildman–Crippen LogP) is 2.02. The van der Waals surface area contributed by atoms with E-state index in [-0.39, 0.29) is 5.91 Å². The molecule has 1 amide bonds. The van der Waals surface area contributed by atoms with Crippen molar-refractivity contribution < 1.29 is 13.2 Å². The van der Waals surface area contributed by atoms with Crippen molar-refractivity contribution in [1.29, 1.82) is 0 Å². The number of benzene rings is 1. The van der Waals surface area contributed by atoms with Crippen LogP contribution in [0.4, 0.5) is 5.69 Å². The zero-order chi connectivity index (χ0) is 16.2. The molecule has 0 N–H and O–H groups in total. The minimum atomic E-state index is -3.41. The van der Waals surface area contributed by atoms with E-state index in [0.717, 1.165) is 30.5 Å². The molecular weight excluding hydrogens is 312 g/mol. The molecule has 4 rings (SSSR count). The van der Waals surface area contributed by atoms with Crippen LogP contribution in [-0.2, 0) is 21.2 Å². The zero-order valence-corrected chi connectivity index (χ0v) is 14.2. The SMILES string of the molecule is CC(=O)N1CCc2cc(S(=O)(=O)N3CC4CCCC4C3)ccc21. The van der Waals surface area contributed by atoms with Gasteiger partial charge in [0.1, 0.15) is 0 Å². The summed E-state index contributed by atoms with van der Waals surface area (Å²) >= 11 is 0. The van der Waals surface area contributed by atoms with Crippen LogP contribution in [0.2, 0.25) is 0 Å². The van der Waals surface area contributed by atoms with Crippen molar-refractivity contribution in [2.45, 2.75) is 37.5 Å². The lowest BCUT2D eigenvalue weighted by molar-refractivity contribution is -0.116. The molecule has 0 aromatic heterocycles. The van der Waals surface area contributed by atoms with Gasteiger partial charge >= 0.3 is 0 Å². The number of hydrogen-bond donors (Lipinski definition) is 0. The number of hydrogen-bond acceptors (Lipinski definition) is 3. The summed E-state index contributed by atoms with van der Waals surface area (Å²) in [5.41, 5.74) is 1.82. The van der Waals surface area contributed by atoms with Crippen molar-refractivity contribution in [3.63, 3.8) is 0 Å². The Kier molecular flexibility index (Phi) is 3.50. The average molecular weight is 334 g/mol. The van der Waals surface area contributed by atoms with Gasteiger partial charge in [0.2, 0.25) is 15.9 Å². The highest BCUT2D eigenvalue weighted by Gasteiger charge is 2.41. The highest BCUT2D eigenvalue weighted by atomic mass is 32.2. The second-order valence-electron chi connectivity index (χ2n) is 6.98. The summed E-state index contributed by atoms with van der Waals surface area (Å²) in [4.78, 5) is 13.7. The number of carbonyl (C=O) groups is 1. The van der Waals surface area contributed by atoms with Crippen molar-refractivity contribution in [3.05, 3.63) is 23.8 Å². The van der Waals surface area contributed by atoms with E-state index in [1.165, 1.54) is 6.42 Å². The molecule has 2 aliphatic heterocycles. The molecule has 1 aromatic carbocycles. The lowest BCUT2D eigenvalue weighted by atomic mass is 10.0. The summed E-state index contributed by atoms with van der Waals surface area (Å²) in [5.74, 6) is 1.10. The van der Waals surface area contributed by atoms with E-state index in [4.69, 9.17) is 0 Å². The summed E-state index contributed by atoms with van der Waals surface area (Å²) in [5, 5.41) is 0. The molecule has 1 saturated carbocycles. The lowest BCUT2D eigenvalue weighted by Crippen LogP contribution is -2.29. The molecule has 2 atom stereocenters. The van der Waals surface area contributed by atoms with Crippen LogP contribution in [0.3, 0.4) is 0 Å². The molecule has 124 valence electrons. The second-order valence-corrected chi connectivity index (χ2v) is 8.92. The first kappa shape index (κ1) is 15.1. The van der Waals surface area contributed by atoms with E-state index in [9.17, 15) is 13.2 Å². The molecule has 1 saturated heterocycles. The molecule has 23 heavy (non-hydrogen) atoms. The van der Waals surface area contributed by atoms with Gasteiger partial charge in [-0.15, -0.1) is 0 Å². The van der Waals surface area contributed by atoms with E-state index >= 15 is 0 Å². The number of carbonyl (C=O) groups excluding carboxylic acids is 1. The van der Waals surface area contributed by atoms with E-state index in [2.05, 4.69) is 0 Å². The van der Waals surface area contributed by atoms with Gasteiger partial charge in [0, 0.05) is 32.2 Å². The second kappa shape index (κ2) is 5.31. The zero-order valence-electron chi connectivity index (χ0n) is 13.4. The van der Waals surface area contributed by atoms with Crippen molar-refractivity contribution in [2.24, 2.45) is 11.8 Å². The minimum absolute atomic E-state index is 0.00623. The summed E-state index contributed by atoms with van der Waals surface area (Å²) in [6, 6.07) is 5.21. The summed E-state index contributed by atoms with van der Waals surface area (Å²) in [6.07, 6.45) is 4.29. The van der Waals surface area contributed by atoms with E-state index in [1.54, 1.807) is 34.3 Å². The third-order valence-electron chi connectivity index (χ3n) is 5.66. The van der Waals surface area contributed by atoms with E-state index < -0.39 is 10.0 Å². The number of anilines is 1. The molecular formula is C17H22N2O3S. The third-order valence-corrected chi connectivity index (χ3v) is 7.48. The number of amides is 1. The average Bonchev–Trinajstić information content (AvgIpc) is 3.19. The first-order valence-corrected chi connectivity index (χ1v) is 9.82. The van der Waals surface area contributed by atoms with Crippen LogP contribution in [0.1, 0.15) is 31.7 Å². The van der Waals surface area contributed by atoms with E-state index in [0.29, 0.717) is 36.4 Å². The molecule has 0 bridgehead atoms. The maximum Gasteiger partial charge on any atom is 0.243 e. The largest absolute Gasteiger partial charge is 0.312 e. The van der Waals surface area contributed by atoms with Gasteiger partial charge < -0.3 is 4.90 Å². The molecule has 0 radical (unpaired) electrons. The van der Waals surface area contributed by atoms with Crippen LogP contribution in [0.25, 0.3) is 0 Å². The Morgan fingerprint density at radius 1 is 1.17 bits per heavy atom. The number of nitrogens with zero attached hydrogens (tertiary/aromatic N) is 2. The van der Waals surface area contributed by atoms with Gasteiger partial charge in [-0.3, -0.25) is 4.79 Å². The summed E-state index contributed by atoms with van der Waals surface area (Å²) in [6.45, 7) is 3.53. The number of fused-ring (bicyclic) bond motifs is 2. The Bertz CT molecular complexity index is 747. The molecule has 1 aromatic rings. The summed E-state index contributed by atoms with van der Waals surface area (Å²) in [7, 11) is -3.41. The van der Waals surface area contributed by atoms with Crippen LogP contribution in [-0.4, -0.2) is 38.3 Å². The van der Waals surface area contributed by atoms with Crippen LogP contribution in [0.5, 0.6) is 0 Å². The predicted molar refractivity (Wildman–Crippen MR) is 87.8 cm³/mol. The first-order valence-electron chi connectivity index (χ1n) is 8.38. The van der Waals surface area contributed by atoms with Crippen molar-refractivity contribution in [1.82, 2.24) is 4.31 Å². The van der Waals surface area contributed by atoms with Gasteiger partial charge in [0.15, 0.2) is 0 Å². The lowest BCUT2D eigenvalue weighted by Gasteiger charge is -2.19. The molecule has 2 unspecified atom stereocenters. The van der Waals surface area contributed by atoms with Gasteiger partial charge in [-0.05, 0) is 54.9 Å². The van der Waals surface area contributed by atoms with Gasteiger partial charge in [-0.25, -0.2) is 8.42 Å². The van der Waals surface area contributed by atoms with Gasteiger partial charge in [0.05, 0.1) is 4.90 Å². The number of sulfonamides is 1. The Morgan fingerprint density at radius 3 is 2.52 bits per heavy atom. The smallest absolute Gasteiger partial charge is 0.243 e. The van der Waals surface area contributed by atoms with Crippen LogP contribution in [0, 0.1) is 11.8 Å². The van der Waals surface area contributed by atoms with Crippen molar-refractivity contribution in [3.8, 4) is 0 Å². The Balaban J connectivity index is 1.62. The van der Waals surface area contributed by atoms with E-state index in [1.807, 2.05) is 0 Å². The normalized spacial score (nSPS) is 27.3. The highest BCUT2D eigenvalue weighted by Crippen LogP contribution is 2.40. The summed E-state index contributed by atoms with van der Waals surface area (Å²) < 4.78 is 27.5. The van der Waals surface area contributed by atoms with Crippen molar-refractivity contribution >= 4 is 21.6 Å². The molecule has 5 nitrogen and oxygen atoms in total. The molecule has 3 aliphatic rings. The van der Waals surface area contributed by atoms with Crippen LogP contribution >= 0.6 is 0 Å². The van der Waals surface area contributed by atoms with Crippen LogP contribution < -0.4 is 4.90 Å². The molecule has 2 fully saturated rings. The quantitative estimate of drug-likeness (QED) is 0.831. The van der Waals surface area contributed by atoms with Crippen LogP contribution in [0.15, 0.2) is 23.1 Å². The third kappa shape index (κ3) is 2.39. The first-order chi connectivity index (χ1) is 11.0. The maximum atomic E-state index is 12.9.